The van der Waals surface area contributed by atoms with E-state index in [0.717, 1.165) is 32.5 Å². The number of carbonyl (C=O) groups is 1. The molecule has 0 radical (unpaired) electrons. The molecule has 0 aromatic heterocycles. The Kier molecular flexibility index (Phi) is 5.72. The topological polar surface area (TPSA) is 56.6 Å². The third-order valence-corrected chi connectivity index (χ3v) is 5.13. The molecule has 0 spiro atoms. The van der Waals surface area contributed by atoms with E-state index in [4.69, 9.17) is 10.00 Å². The van der Waals surface area contributed by atoms with Crippen LogP contribution in [-0.4, -0.2) is 54.1 Å². The molecule has 0 aliphatic carbocycles. The highest BCUT2D eigenvalue weighted by Gasteiger charge is 2.32. The van der Waals surface area contributed by atoms with Crippen LogP contribution >= 0.6 is 0 Å². The lowest BCUT2D eigenvalue weighted by molar-refractivity contribution is -0.148. The molecular weight excluding hydrogens is 314 g/mol. The van der Waals surface area contributed by atoms with Gasteiger partial charge in [-0.2, -0.15) is 5.26 Å². The number of amides is 1. The van der Waals surface area contributed by atoms with Crippen molar-refractivity contribution in [1.82, 2.24) is 9.80 Å². The summed E-state index contributed by atoms with van der Waals surface area (Å²) in [5.41, 5.74) is 1.87. The van der Waals surface area contributed by atoms with Crippen molar-refractivity contribution in [2.45, 2.75) is 45.4 Å². The second-order valence-electron chi connectivity index (χ2n) is 7.36. The number of likely N-dealkylation sites (tertiary alicyclic amines) is 1. The fraction of sp³-hybridized carbons (Fsp3) is 0.600. The Morgan fingerprint density at radius 3 is 2.56 bits per heavy atom. The van der Waals surface area contributed by atoms with Crippen LogP contribution < -0.4 is 0 Å². The molecule has 5 nitrogen and oxygen atoms in total. The lowest BCUT2D eigenvalue weighted by atomic mass is 9.94. The van der Waals surface area contributed by atoms with Gasteiger partial charge < -0.3 is 9.64 Å². The van der Waals surface area contributed by atoms with E-state index in [0.29, 0.717) is 24.6 Å². The van der Waals surface area contributed by atoms with E-state index >= 15 is 0 Å². The van der Waals surface area contributed by atoms with Crippen LogP contribution in [0.15, 0.2) is 24.3 Å². The molecule has 1 amide bonds. The Morgan fingerprint density at radius 1 is 1.24 bits per heavy atom. The van der Waals surface area contributed by atoms with E-state index in [-0.39, 0.29) is 18.1 Å². The van der Waals surface area contributed by atoms with Crippen molar-refractivity contribution in [2.75, 3.05) is 26.2 Å². The molecule has 134 valence electrons. The van der Waals surface area contributed by atoms with Gasteiger partial charge in [-0.3, -0.25) is 9.69 Å². The van der Waals surface area contributed by atoms with Crippen LogP contribution in [0.4, 0.5) is 0 Å². The van der Waals surface area contributed by atoms with E-state index in [1.807, 2.05) is 36.9 Å². The lowest BCUT2D eigenvalue weighted by Gasteiger charge is -2.39. The summed E-state index contributed by atoms with van der Waals surface area (Å²) in [7, 11) is 0. The number of carbonyl (C=O) groups excluding carboxylic acids is 1. The average Bonchev–Trinajstić information content (AvgIpc) is 2.61. The molecule has 2 aliphatic rings. The Labute approximate surface area is 150 Å². The van der Waals surface area contributed by atoms with Gasteiger partial charge in [0.1, 0.15) is 0 Å². The smallest absolute Gasteiger partial charge is 0.225 e. The highest BCUT2D eigenvalue weighted by atomic mass is 16.5. The number of rotatable bonds is 3. The normalized spacial score (nSPS) is 25.6. The highest BCUT2D eigenvalue weighted by molar-refractivity contribution is 5.79. The number of benzene rings is 1. The number of morpholine rings is 1. The predicted molar refractivity (Wildman–Crippen MR) is 95.7 cm³/mol. The number of ether oxygens (including phenoxy) is 1. The van der Waals surface area contributed by atoms with Crippen molar-refractivity contribution in [2.24, 2.45) is 5.92 Å². The number of piperidine rings is 1. The van der Waals surface area contributed by atoms with Crippen LogP contribution in [0.25, 0.3) is 0 Å². The second-order valence-corrected chi connectivity index (χ2v) is 7.36. The van der Waals surface area contributed by atoms with Gasteiger partial charge in [0, 0.05) is 25.6 Å². The number of hydrogen-bond acceptors (Lipinski definition) is 4. The monoisotopic (exact) mass is 341 g/mol. The SMILES string of the molecule is C[C@H]1CN(C(=O)C2CCN(Cc3cccc(C#N)c3)CC2)C[C@H](C)O1. The number of nitrogens with zero attached hydrogens (tertiary/aromatic N) is 3. The Balaban J connectivity index is 1.51. The first-order chi connectivity index (χ1) is 12.0. The van der Waals surface area contributed by atoms with Crippen molar-refractivity contribution in [3.8, 4) is 6.07 Å². The van der Waals surface area contributed by atoms with E-state index in [1.165, 1.54) is 5.56 Å². The fourth-order valence-electron chi connectivity index (χ4n) is 3.95. The van der Waals surface area contributed by atoms with Gasteiger partial charge in [-0.15, -0.1) is 0 Å². The zero-order valence-corrected chi connectivity index (χ0v) is 15.1. The summed E-state index contributed by atoms with van der Waals surface area (Å²) in [4.78, 5) is 17.2. The summed E-state index contributed by atoms with van der Waals surface area (Å²) < 4.78 is 5.73. The largest absolute Gasteiger partial charge is 0.372 e. The average molecular weight is 341 g/mol. The molecule has 0 unspecified atom stereocenters. The molecule has 2 aliphatic heterocycles. The van der Waals surface area contributed by atoms with Gasteiger partial charge in [0.05, 0.1) is 23.8 Å². The molecule has 0 N–H and O–H groups in total. The van der Waals surface area contributed by atoms with Gasteiger partial charge in [0.15, 0.2) is 0 Å². The molecule has 25 heavy (non-hydrogen) atoms. The third kappa shape index (κ3) is 4.59. The second kappa shape index (κ2) is 7.99. The van der Waals surface area contributed by atoms with Gasteiger partial charge in [-0.1, -0.05) is 12.1 Å². The molecule has 1 aromatic carbocycles. The Bertz CT molecular complexity index is 637. The van der Waals surface area contributed by atoms with Crippen molar-refractivity contribution in [3.63, 3.8) is 0 Å². The summed E-state index contributed by atoms with van der Waals surface area (Å²) in [5.74, 6) is 0.437. The quantitative estimate of drug-likeness (QED) is 0.847. The van der Waals surface area contributed by atoms with Crippen LogP contribution in [0.3, 0.4) is 0 Å². The maximum atomic E-state index is 12.8. The van der Waals surface area contributed by atoms with E-state index < -0.39 is 0 Å². The summed E-state index contributed by atoms with van der Waals surface area (Å²) in [6.45, 7) is 8.21. The minimum absolute atomic E-state index is 0.125. The van der Waals surface area contributed by atoms with Crippen LogP contribution in [-0.2, 0) is 16.1 Å². The molecule has 0 saturated carbocycles. The van der Waals surface area contributed by atoms with Crippen molar-refractivity contribution < 1.29 is 9.53 Å². The van der Waals surface area contributed by atoms with E-state index in [2.05, 4.69) is 17.0 Å². The van der Waals surface area contributed by atoms with Crippen LogP contribution in [0.1, 0.15) is 37.8 Å². The molecule has 5 heteroatoms. The minimum Gasteiger partial charge on any atom is -0.372 e. The van der Waals surface area contributed by atoms with Gasteiger partial charge in [0.25, 0.3) is 0 Å². The summed E-state index contributed by atoms with van der Waals surface area (Å²) in [6, 6.07) is 9.97. The van der Waals surface area contributed by atoms with Crippen LogP contribution in [0, 0.1) is 17.2 Å². The number of hydrogen-bond donors (Lipinski definition) is 0. The third-order valence-electron chi connectivity index (χ3n) is 5.13. The molecule has 3 rings (SSSR count). The van der Waals surface area contributed by atoms with Gasteiger partial charge in [-0.25, -0.2) is 0 Å². The Hall–Kier alpha value is -1.90. The summed E-state index contributed by atoms with van der Waals surface area (Å²) in [6.07, 6.45) is 2.08. The zero-order chi connectivity index (χ0) is 17.8. The molecule has 2 heterocycles. The maximum absolute atomic E-state index is 12.8. The molecular formula is C20H27N3O2. The molecule has 2 fully saturated rings. The van der Waals surface area contributed by atoms with Crippen LogP contribution in [0.5, 0.6) is 0 Å². The first-order valence-electron chi connectivity index (χ1n) is 9.21. The molecule has 1 aromatic rings. The van der Waals surface area contributed by atoms with Crippen molar-refractivity contribution in [3.05, 3.63) is 35.4 Å². The van der Waals surface area contributed by atoms with Gasteiger partial charge >= 0.3 is 0 Å². The van der Waals surface area contributed by atoms with E-state index in [1.54, 1.807) is 0 Å². The zero-order valence-electron chi connectivity index (χ0n) is 15.1. The molecule has 2 atom stereocenters. The van der Waals surface area contributed by atoms with E-state index in [9.17, 15) is 4.79 Å². The summed E-state index contributed by atoms with van der Waals surface area (Å²) in [5, 5.41) is 9.01. The minimum atomic E-state index is 0.125. The predicted octanol–water partition coefficient (Wildman–Crippen LogP) is 2.41. The number of nitriles is 1. The van der Waals surface area contributed by atoms with Gasteiger partial charge in [-0.05, 0) is 57.5 Å². The van der Waals surface area contributed by atoms with Crippen molar-refractivity contribution in [1.29, 1.82) is 5.26 Å². The molecule has 0 bridgehead atoms. The lowest BCUT2D eigenvalue weighted by Crippen LogP contribution is -2.51. The van der Waals surface area contributed by atoms with Crippen LogP contribution in [0.2, 0.25) is 0 Å². The van der Waals surface area contributed by atoms with Crippen molar-refractivity contribution >= 4 is 5.91 Å². The maximum Gasteiger partial charge on any atom is 0.225 e. The Morgan fingerprint density at radius 2 is 1.92 bits per heavy atom. The fourth-order valence-corrected chi connectivity index (χ4v) is 3.95. The summed E-state index contributed by atoms with van der Waals surface area (Å²) >= 11 is 0. The first-order valence-corrected chi connectivity index (χ1v) is 9.21. The highest BCUT2D eigenvalue weighted by Crippen LogP contribution is 2.23. The standard InChI is InChI=1S/C20H27N3O2/c1-15-12-23(13-16(2)25-15)20(24)19-6-8-22(9-7-19)14-18-5-3-4-17(10-18)11-21/h3-5,10,15-16,19H,6-9,12-14H2,1-2H3/t15-,16-/m0/s1. The van der Waals surface area contributed by atoms with Gasteiger partial charge in [0.2, 0.25) is 5.91 Å². The molecule has 2 saturated heterocycles. The first kappa shape index (κ1) is 17.9.